The molecule has 1 fully saturated rings. The largest absolute Gasteiger partial charge is 0.390 e. The quantitative estimate of drug-likeness (QED) is 0.879. The van der Waals surface area contributed by atoms with Gasteiger partial charge in [0, 0.05) is 31.5 Å². The lowest BCUT2D eigenvalue weighted by molar-refractivity contribution is 0.0113. The van der Waals surface area contributed by atoms with Crippen LogP contribution in [-0.4, -0.2) is 58.1 Å². The van der Waals surface area contributed by atoms with Crippen molar-refractivity contribution in [3.63, 3.8) is 0 Å². The minimum absolute atomic E-state index is 0.116. The predicted molar refractivity (Wildman–Crippen MR) is 88.0 cm³/mol. The van der Waals surface area contributed by atoms with Gasteiger partial charge >= 0.3 is 5.69 Å². The third-order valence-corrected chi connectivity index (χ3v) is 4.13. The summed E-state index contributed by atoms with van der Waals surface area (Å²) in [6.07, 6.45) is 1.23. The average Bonchev–Trinajstić information content (AvgIpc) is 2.83. The average molecular weight is 317 g/mol. The molecule has 1 unspecified atom stereocenters. The monoisotopic (exact) mass is 317 g/mol. The zero-order valence-electron chi connectivity index (χ0n) is 13.4. The molecule has 1 aromatic carbocycles. The number of aliphatic hydroxyl groups excluding tert-OH is 1. The summed E-state index contributed by atoms with van der Waals surface area (Å²) in [5, 5.41) is 10.3. The van der Waals surface area contributed by atoms with Gasteiger partial charge in [-0.25, -0.2) is 4.79 Å². The smallest absolute Gasteiger partial charge is 0.333 e. The number of morpholine rings is 1. The first-order valence-corrected chi connectivity index (χ1v) is 7.97. The number of ether oxygens (including phenoxy) is 1. The Kier molecular flexibility index (Phi) is 4.95. The predicted octanol–water partition coefficient (Wildman–Crippen LogP) is 0.641. The van der Waals surface area contributed by atoms with Gasteiger partial charge < -0.3 is 9.84 Å². The minimum atomic E-state index is -0.572. The molecule has 0 spiro atoms. The molecule has 1 atom stereocenters. The molecule has 124 valence electrons. The lowest BCUT2D eigenvalue weighted by atomic mass is 10.3. The van der Waals surface area contributed by atoms with E-state index in [-0.39, 0.29) is 5.69 Å². The van der Waals surface area contributed by atoms with Crippen LogP contribution in [-0.2, 0) is 11.3 Å². The molecule has 23 heavy (non-hydrogen) atoms. The molecule has 0 saturated carbocycles. The molecule has 2 aromatic rings. The van der Waals surface area contributed by atoms with Crippen LogP contribution in [0.15, 0.2) is 41.3 Å². The minimum Gasteiger partial charge on any atom is -0.390 e. The van der Waals surface area contributed by atoms with Gasteiger partial charge in [-0.3, -0.25) is 14.0 Å². The normalized spacial score (nSPS) is 17.3. The van der Waals surface area contributed by atoms with Gasteiger partial charge in [0.15, 0.2) is 0 Å². The lowest BCUT2D eigenvalue weighted by Gasteiger charge is -2.28. The van der Waals surface area contributed by atoms with Gasteiger partial charge in [-0.15, -0.1) is 0 Å². The Bertz CT molecular complexity index is 687. The Morgan fingerprint density at radius 3 is 2.57 bits per heavy atom. The van der Waals surface area contributed by atoms with Crippen LogP contribution in [0.3, 0.4) is 0 Å². The highest BCUT2D eigenvalue weighted by molar-refractivity contribution is 5.33. The number of aliphatic hydroxyl groups is 1. The zero-order chi connectivity index (χ0) is 16.2. The molecule has 0 bridgehead atoms. The fraction of sp³-hybridized carbons (Fsp3) is 0.471. The molecule has 0 aliphatic carbocycles. The van der Waals surface area contributed by atoms with Crippen molar-refractivity contribution in [3.8, 4) is 5.69 Å². The van der Waals surface area contributed by atoms with Crippen LogP contribution in [0.1, 0.15) is 5.69 Å². The number of para-hydroxylation sites is 1. The molecule has 2 heterocycles. The van der Waals surface area contributed by atoms with Crippen LogP contribution < -0.4 is 5.69 Å². The van der Waals surface area contributed by atoms with E-state index in [9.17, 15) is 9.90 Å². The number of benzene rings is 1. The fourth-order valence-corrected chi connectivity index (χ4v) is 3.01. The number of hydrogen-bond acceptors (Lipinski definition) is 4. The number of hydrogen-bond donors (Lipinski definition) is 1. The number of nitrogens with zero attached hydrogens (tertiary/aromatic N) is 3. The van der Waals surface area contributed by atoms with E-state index in [2.05, 4.69) is 4.90 Å². The van der Waals surface area contributed by atoms with Gasteiger partial charge in [-0.2, -0.15) is 0 Å². The summed E-state index contributed by atoms with van der Waals surface area (Å²) in [4.78, 5) is 14.8. The first kappa shape index (κ1) is 16.0. The van der Waals surface area contributed by atoms with E-state index in [0.717, 1.165) is 24.5 Å². The van der Waals surface area contributed by atoms with Gasteiger partial charge in [-0.05, 0) is 19.1 Å². The van der Waals surface area contributed by atoms with E-state index < -0.39 is 6.10 Å². The topological polar surface area (TPSA) is 59.6 Å². The molecule has 1 saturated heterocycles. The summed E-state index contributed by atoms with van der Waals surface area (Å²) in [6, 6.07) is 9.55. The highest BCUT2D eigenvalue weighted by Crippen LogP contribution is 2.09. The Balaban J connectivity index is 1.72. The summed E-state index contributed by atoms with van der Waals surface area (Å²) in [7, 11) is 0. The maximum Gasteiger partial charge on any atom is 0.333 e. The Morgan fingerprint density at radius 2 is 1.87 bits per heavy atom. The number of aromatic nitrogens is 2. The highest BCUT2D eigenvalue weighted by Gasteiger charge is 2.17. The molecule has 0 amide bonds. The molecule has 1 aliphatic rings. The number of imidazole rings is 1. The van der Waals surface area contributed by atoms with E-state index >= 15 is 0 Å². The summed E-state index contributed by atoms with van der Waals surface area (Å²) >= 11 is 0. The molecule has 6 heteroatoms. The van der Waals surface area contributed by atoms with Gasteiger partial charge in [0.2, 0.25) is 0 Å². The maximum atomic E-state index is 12.6. The second-order valence-corrected chi connectivity index (χ2v) is 5.94. The van der Waals surface area contributed by atoms with Gasteiger partial charge in [0.25, 0.3) is 0 Å². The van der Waals surface area contributed by atoms with Crippen molar-refractivity contribution in [3.05, 3.63) is 52.7 Å². The second kappa shape index (κ2) is 7.12. The molecule has 6 nitrogen and oxygen atoms in total. The Hall–Kier alpha value is -1.89. The van der Waals surface area contributed by atoms with Gasteiger partial charge in [0.05, 0.1) is 31.5 Å². The fourth-order valence-electron chi connectivity index (χ4n) is 3.01. The molecular formula is C17H23N3O3. The van der Waals surface area contributed by atoms with Crippen molar-refractivity contribution < 1.29 is 9.84 Å². The molecule has 1 aliphatic heterocycles. The summed E-state index contributed by atoms with van der Waals surface area (Å²) in [5.41, 5.74) is 1.59. The van der Waals surface area contributed by atoms with Crippen LogP contribution in [0.25, 0.3) is 5.69 Å². The number of rotatable bonds is 5. The molecule has 1 aromatic heterocycles. The Labute approximate surface area is 135 Å². The van der Waals surface area contributed by atoms with Gasteiger partial charge in [0.1, 0.15) is 0 Å². The van der Waals surface area contributed by atoms with Crippen LogP contribution in [0.2, 0.25) is 0 Å². The number of β-amino-alcohol motifs (C(OH)–C–C–N with tert-alkyl or cyclic N) is 1. The van der Waals surface area contributed by atoms with Crippen molar-refractivity contribution in [1.29, 1.82) is 0 Å². The van der Waals surface area contributed by atoms with Crippen molar-refractivity contribution >= 4 is 0 Å². The standard InChI is InChI=1S/C17H23N3O3/c1-14-11-19(13-16(21)12-18-7-9-23-10-8-18)17(22)20(14)15-5-3-2-4-6-15/h2-6,11,16,21H,7-10,12-13H2,1H3. The third kappa shape index (κ3) is 3.72. The first-order valence-electron chi connectivity index (χ1n) is 7.97. The van der Waals surface area contributed by atoms with Crippen molar-refractivity contribution in [2.75, 3.05) is 32.8 Å². The van der Waals surface area contributed by atoms with E-state index in [4.69, 9.17) is 4.74 Å². The van der Waals surface area contributed by atoms with E-state index in [1.54, 1.807) is 15.3 Å². The van der Waals surface area contributed by atoms with Crippen molar-refractivity contribution in [1.82, 2.24) is 14.0 Å². The zero-order valence-corrected chi connectivity index (χ0v) is 13.4. The maximum absolute atomic E-state index is 12.6. The highest BCUT2D eigenvalue weighted by atomic mass is 16.5. The molecular weight excluding hydrogens is 294 g/mol. The van der Waals surface area contributed by atoms with Gasteiger partial charge in [-0.1, -0.05) is 18.2 Å². The van der Waals surface area contributed by atoms with Crippen LogP contribution in [0.4, 0.5) is 0 Å². The summed E-state index contributed by atoms with van der Waals surface area (Å²) < 4.78 is 8.56. The van der Waals surface area contributed by atoms with E-state index in [1.807, 2.05) is 37.3 Å². The molecule has 0 radical (unpaired) electrons. The van der Waals surface area contributed by atoms with Crippen LogP contribution in [0.5, 0.6) is 0 Å². The van der Waals surface area contributed by atoms with Crippen molar-refractivity contribution in [2.24, 2.45) is 0 Å². The SMILES string of the molecule is Cc1cn(CC(O)CN2CCOCC2)c(=O)n1-c1ccccc1. The van der Waals surface area contributed by atoms with E-state index in [1.165, 1.54) is 0 Å². The van der Waals surface area contributed by atoms with Crippen LogP contribution >= 0.6 is 0 Å². The second-order valence-electron chi connectivity index (χ2n) is 5.94. The van der Waals surface area contributed by atoms with Crippen LogP contribution in [0, 0.1) is 6.92 Å². The summed E-state index contributed by atoms with van der Waals surface area (Å²) in [5.74, 6) is 0. The van der Waals surface area contributed by atoms with Crippen molar-refractivity contribution in [2.45, 2.75) is 19.6 Å². The molecule has 3 rings (SSSR count). The number of aryl methyl sites for hydroxylation is 1. The lowest BCUT2D eigenvalue weighted by Crippen LogP contribution is -2.42. The summed E-state index contributed by atoms with van der Waals surface area (Å²) in [6.45, 7) is 5.83. The third-order valence-electron chi connectivity index (χ3n) is 4.13. The molecule has 1 N–H and O–H groups in total. The first-order chi connectivity index (χ1) is 11.1. The Morgan fingerprint density at radius 1 is 1.17 bits per heavy atom. The van der Waals surface area contributed by atoms with E-state index in [0.29, 0.717) is 26.3 Å².